The fourth-order valence-corrected chi connectivity index (χ4v) is 2.51. The molecule has 0 radical (unpaired) electrons. The van der Waals surface area contributed by atoms with Crippen LogP contribution in [0.4, 0.5) is 0 Å². The second-order valence-electron chi connectivity index (χ2n) is 5.02. The highest BCUT2D eigenvalue weighted by Gasteiger charge is 2.13. The van der Waals surface area contributed by atoms with E-state index < -0.39 is 0 Å². The summed E-state index contributed by atoms with van der Waals surface area (Å²) in [5.74, 6) is -0.721. The van der Waals surface area contributed by atoms with Gasteiger partial charge in [0.15, 0.2) is 0 Å². The van der Waals surface area contributed by atoms with Gasteiger partial charge >= 0.3 is 0 Å². The zero-order valence-electron chi connectivity index (χ0n) is 12.1. The number of carbonyl (C=O) groups is 2. The van der Waals surface area contributed by atoms with Crippen LogP contribution in [0.1, 0.15) is 15.9 Å². The van der Waals surface area contributed by atoms with Gasteiger partial charge in [-0.1, -0.05) is 48.0 Å². The normalized spacial score (nSPS) is 10.5. The summed E-state index contributed by atoms with van der Waals surface area (Å²) < 4.78 is 0. The summed E-state index contributed by atoms with van der Waals surface area (Å²) in [5.41, 5.74) is 6.85. The van der Waals surface area contributed by atoms with Gasteiger partial charge in [0.1, 0.15) is 0 Å². The van der Waals surface area contributed by atoms with Crippen LogP contribution in [0, 0.1) is 0 Å². The van der Waals surface area contributed by atoms with Gasteiger partial charge in [0.2, 0.25) is 5.91 Å². The first-order valence-corrected chi connectivity index (χ1v) is 7.41. The predicted octanol–water partition coefficient (Wildman–Crippen LogP) is 2.83. The number of hydrazine groups is 1. The maximum Gasteiger partial charge on any atom is 0.271 e. The molecule has 3 N–H and O–H groups in total. The molecule has 3 aromatic rings. The van der Waals surface area contributed by atoms with Crippen LogP contribution in [0.25, 0.3) is 10.9 Å². The van der Waals surface area contributed by atoms with E-state index in [0.29, 0.717) is 16.1 Å². The summed E-state index contributed by atoms with van der Waals surface area (Å²) >= 11 is 6.01. The maximum atomic E-state index is 12.2. The number of carbonyl (C=O) groups excluding carboxylic acids is 2. The second-order valence-corrected chi connectivity index (χ2v) is 5.43. The number of rotatable bonds is 3. The number of benzene rings is 2. The van der Waals surface area contributed by atoms with Gasteiger partial charge in [-0.15, -0.1) is 0 Å². The fraction of sp³-hybridized carbons (Fsp3) is 0.0588. The summed E-state index contributed by atoms with van der Waals surface area (Å²) in [7, 11) is 0. The van der Waals surface area contributed by atoms with Gasteiger partial charge < -0.3 is 4.98 Å². The molecule has 0 atom stereocenters. The molecule has 0 aliphatic rings. The van der Waals surface area contributed by atoms with E-state index in [4.69, 9.17) is 11.6 Å². The monoisotopic (exact) mass is 327 g/mol. The molecule has 0 saturated heterocycles. The Bertz CT molecular complexity index is 873. The van der Waals surface area contributed by atoms with Crippen molar-refractivity contribution in [1.82, 2.24) is 15.8 Å². The zero-order valence-corrected chi connectivity index (χ0v) is 12.9. The third-order valence-electron chi connectivity index (χ3n) is 3.46. The highest BCUT2D eigenvalue weighted by molar-refractivity contribution is 6.31. The van der Waals surface area contributed by atoms with Gasteiger partial charge in [0.25, 0.3) is 5.91 Å². The van der Waals surface area contributed by atoms with Gasteiger partial charge in [-0.25, -0.2) is 0 Å². The van der Waals surface area contributed by atoms with Crippen molar-refractivity contribution >= 4 is 34.3 Å². The third kappa shape index (κ3) is 3.35. The molecular formula is C17H14ClN3O2. The van der Waals surface area contributed by atoms with Gasteiger partial charge in [-0.3, -0.25) is 20.4 Å². The Labute approximate surface area is 137 Å². The van der Waals surface area contributed by atoms with E-state index in [1.165, 1.54) is 0 Å². The molecule has 0 saturated carbocycles. The minimum absolute atomic E-state index is 0.0911. The van der Waals surface area contributed by atoms with Crippen molar-refractivity contribution in [1.29, 1.82) is 0 Å². The minimum Gasteiger partial charge on any atom is -0.360 e. The topological polar surface area (TPSA) is 74.0 Å². The molecule has 0 spiro atoms. The maximum absolute atomic E-state index is 12.2. The molecular weight excluding hydrogens is 314 g/mol. The summed E-state index contributed by atoms with van der Waals surface area (Å²) in [6, 6.07) is 14.5. The van der Waals surface area contributed by atoms with E-state index in [-0.39, 0.29) is 18.2 Å². The van der Waals surface area contributed by atoms with Crippen molar-refractivity contribution < 1.29 is 9.59 Å². The molecule has 1 aromatic heterocycles. The Balaban J connectivity index is 1.63. The minimum atomic E-state index is -0.380. The van der Waals surface area contributed by atoms with E-state index >= 15 is 0 Å². The summed E-state index contributed by atoms with van der Waals surface area (Å²) in [6.45, 7) is 0. The highest BCUT2D eigenvalue weighted by atomic mass is 35.5. The van der Waals surface area contributed by atoms with Crippen molar-refractivity contribution in [2.24, 2.45) is 0 Å². The number of aromatic nitrogens is 1. The lowest BCUT2D eigenvalue weighted by Crippen LogP contribution is -2.42. The van der Waals surface area contributed by atoms with Gasteiger partial charge in [-0.2, -0.15) is 0 Å². The average Bonchev–Trinajstić information content (AvgIpc) is 2.99. The van der Waals surface area contributed by atoms with Gasteiger partial charge in [0.05, 0.1) is 12.0 Å². The molecule has 3 rings (SSSR count). The number of aromatic amines is 1. The largest absolute Gasteiger partial charge is 0.360 e. The molecule has 1 heterocycles. The van der Waals surface area contributed by atoms with Crippen molar-refractivity contribution in [3.05, 3.63) is 70.9 Å². The summed E-state index contributed by atoms with van der Waals surface area (Å²) in [6.07, 6.45) is 1.70. The molecule has 2 aromatic carbocycles. The van der Waals surface area contributed by atoms with E-state index in [1.807, 2.05) is 24.3 Å². The predicted molar refractivity (Wildman–Crippen MR) is 89.1 cm³/mol. The number of hydrogen-bond donors (Lipinski definition) is 3. The van der Waals surface area contributed by atoms with E-state index in [0.717, 1.165) is 10.9 Å². The van der Waals surface area contributed by atoms with Crippen LogP contribution < -0.4 is 10.9 Å². The quantitative estimate of drug-likeness (QED) is 0.647. The highest BCUT2D eigenvalue weighted by Crippen LogP contribution is 2.17. The van der Waals surface area contributed by atoms with Crippen LogP contribution in [0.5, 0.6) is 0 Å². The first-order chi connectivity index (χ1) is 11.1. The smallest absolute Gasteiger partial charge is 0.271 e. The van der Waals surface area contributed by atoms with Crippen molar-refractivity contribution in [2.75, 3.05) is 0 Å². The lowest BCUT2D eigenvalue weighted by molar-refractivity contribution is -0.121. The molecule has 0 aliphatic carbocycles. The molecule has 0 bridgehead atoms. The number of hydrogen-bond acceptors (Lipinski definition) is 2. The Morgan fingerprint density at radius 2 is 1.74 bits per heavy atom. The van der Waals surface area contributed by atoms with Crippen LogP contribution in [0.15, 0.2) is 54.7 Å². The Hall–Kier alpha value is -2.79. The Kier molecular flexibility index (Phi) is 4.30. The second kappa shape index (κ2) is 6.54. The third-order valence-corrected chi connectivity index (χ3v) is 3.83. The lowest BCUT2D eigenvalue weighted by Gasteiger charge is -2.07. The van der Waals surface area contributed by atoms with E-state index in [1.54, 1.807) is 30.5 Å². The SMILES string of the molecule is O=C(Cc1ccccc1Cl)NNC(=O)c1c[nH]c2ccccc12. The average molecular weight is 328 g/mol. The summed E-state index contributed by atoms with van der Waals surface area (Å²) in [4.78, 5) is 27.1. The fourth-order valence-electron chi connectivity index (χ4n) is 2.31. The van der Waals surface area contributed by atoms with Crippen LogP contribution in [-0.4, -0.2) is 16.8 Å². The molecule has 5 nitrogen and oxygen atoms in total. The van der Waals surface area contributed by atoms with Crippen LogP contribution in [-0.2, 0) is 11.2 Å². The Morgan fingerprint density at radius 1 is 1.00 bits per heavy atom. The lowest BCUT2D eigenvalue weighted by atomic mass is 10.1. The van der Waals surface area contributed by atoms with Crippen LogP contribution >= 0.6 is 11.6 Å². The Morgan fingerprint density at radius 3 is 2.57 bits per heavy atom. The molecule has 0 fully saturated rings. The first kappa shape index (κ1) is 15.1. The van der Waals surface area contributed by atoms with Crippen LogP contribution in [0.2, 0.25) is 5.02 Å². The molecule has 6 heteroatoms. The number of H-pyrrole nitrogens is 1. The molecule has 2 amide bonds. The number of halogens is 1. The number of para-hydroxylation sites is 1. The number of amides is 2. The molecule has 23 heavy (non-hydrogen) atoms. The van der Waals surface area contributed by atoms with Gasteiger partial charge in [-0.05, 0) is 17.7 Å². The van der Waals surface area contributed by atoms with Crippen LogP contribution in [0.3, 0.4) is 0 Å². The van der Waals surface area contributed by atoms with Gasteiger partial charge in [0, 0.05) is 22.1 Å². The first-order valence-electron chi connectivity index (χ1n) is 7.04. The van der Waals surface area contributed by atoms with Crippen molar-refractivity contribution in [2.45, 2.75) is 6.42 Å². The molecule has 116 valence electrons. The number of fused-ring (bicyclic) bond motifs is 1. The summed E-state index contributed by atoms with van der Waals surface area (Å²) in [5, 5.41) is 1.32. The zero-order chi connectivity index (χ0) is 16.2. The number of nitrogens with one attached hydrogen (secondary N) is 3. The standard InChI is InChI=1S/C17H14ClN3O2/c18-14-7-3-1-5-11(14)9-16(22)20-21-17(23)13-10-19-15-8-4-2-6-12(13)15/h1-8,10,19H,9H2,(H,20,22)(H,21,23). The van der Waals surface area contributed by atoms with E-state index in [2.05, 4.69) is 15.8 Å². The van der Waals surface area contributed by atoms with E-state index in [9.17, 15) is 9.59 Å². The molecule has 0 aliphatic heterocycles. The van der Waals surface area contributed by atoms with Crippen molar-refractivity contribution in [3.8, 4) is 0 Å². The van der Waals surface area contributed by atoms with Crippen molar-refractivity contribution in [3.63, 3.8) is 0 Å². The molecule has 0 unspecified atom stereocenters.